The highest BCUT2D eigenvalue weighted by molar-refractivity contribution is 5.78. The summed E-state index contributed by atoms with van der Waals surface area (Å²) < 4.78 is 0. The van der Waals surface area contributed by atoms with Crippen molar-refractivity contribution in [1.82, 2.24) is 5.43 Å². The van der Waals surface area contributed by atoms with Gasteiger partial charge in [0, 0.05) is 5.92 Å². The maximum Gasteiger partial charge on any atom is 0.237 e. The summed E-state index contributed by atoms with van der Waals surface area (Å²) in [6.07, 6.45) is 4.91. The molecule has 0 aliphatic heterocycles. The maximum absolute atomic E-state index is 11.2. The van der Waals surface area contributed by atoms with Crippen LogP contribution in [0.4, 0.5) is 0 Å². The largest absolute Gasteiger partial charge is 0.294 e. The Morgan fingerprint density at radius 2 is 2.18 bits per heavy atom. The van der Waals surface area contributed by atoms with Crippen LogP contribution < -0.4 is 11.3 Å². The molecule has 0 radical (unpaired) electrons. The zero-order chi connectivity index (χ0) is 7.84. The van der Waals surface area contributed by atoms with Crippen LogP contribution in [-0.4, -0.2) is 5.91 Å². The van der Waals surface area contributed by atoms with E-state index in [0.29, 0.717) is 5.92 Å². The lowest BCUT2D eigenvalue weighted by atomic mass is 9.88. The molecule has 2 aliphatic carbocycles. The molecule has 2 rings (SSSR count). The molecule has 0 unspecified atom stereocenters. The predicted molar refractivity (Wildman–Crippen MR) is 41.3 cm³/mol. The lowest BCUT2D eigenvalue weighted by Gasteiger charge is -2.19. The highest BCUT2D eigenvalue weighted by Crippen LogP contribution is 2.48. The van der Waals surface area contributed by atoms with Crippen LogP contribution in [0.1, 0.15) is 25.7 Å². The molecule has 0 saturated heterocycles. The molecule has 3 nitrogen and oxygen atoms in total. The summed E-state index contributed by atoms with van der Waals surface area (Å²) in [5.41, 5.74) is 2.25. The van der Waals surface area contributed by atoms with E-state index in [1.165, 1.54) is 19.3 Å². The second kappa shape index (κ2) is 2.48. The first-order valence-electron chi connectivity index (χ1n) is 4.31. The van der Waals surface area contributed by atoms with E-state index in [9.17, 15) is 4.79 Å². The van der Waals surface area contributed by atoms with Crippen molar-refractivity contribution in [3.8, 4) is 0 Å². The third kappa shape index (κ3) is 1.03. The van der Waals surface area contributed by atoms with Gasteiger partial charge in [-0.25, -0.2) is 5.84 Å². The van der Waals surface area contributed by atoms with Gasteiger partial charge in [0.1, 0.15) is 0 Å². The lowest BCUT2D eigenvalue weighted by Crippen LogP contribution is -2.37. The van der Waals surface area contributed by atoms with Crippen molar-refractivity contribution in [2.45, 2.75) is 25.7 Å². The Morgan fingerprint density at radius 1 is 1.36 bits per heavy atom. The summed E-state index contributed by atoms with van der Waals surface area (Å²) in [6.45, 7) is 0. The monoisotopic (exact) mass is 154 g/mol. The molecular formula is C8H14N2O. The summed E-state index contributed by atoms with van der Waals surface area (Å²) in [4.78, 5) is 11.2. The Labute approximate surface area is 66.3 Å². The number of hydrogen-bond acceptors (Lipinski definition) is 2. The third-order valence-corrected chi connectivity index (χ3v) is 3.22. The number of hydrazine groups is 1. The fourth-order valence-corrected chi connectivity index (χ4v) is 2.67. The fourth-order valence-electron chi connectivity index (χ4n) is 2.67. The molecule has 2 bridgehead atoms. The van der Waals surface area contributed by atoms with Gasteiger partial charge in [-0.1, -0.05) is 6.42 Å². The Kier molecular flexibility index (Phi) is 1.60. The number of amides is 1. The lowest BCUT2D eigenvalue weighted by molar-refractivity contribution is -0.126. The number of fused-ring (bicyclic) bond motifs is 2. The minimum atomic E-state index is 0.0530. The van der Waals surface area contributed by atoms with Crippen molar-refractivity contribution < 1.29 is 4.79 Å². The molecule has 1 amide bonds. The Balaban J connectivity index is 2.02. The minimum absolute atomic E-state index is 0.0530. The first-order chi connectivity index (χ1) is 5.31. The molecule has 62 valence electrons. The van der Waals surface area contributed by atoms with E-state index >= 15 is 0 Å². The van der Waals surface area contributed by atoms with Crippen LogP contribution in [0.5, 0.6) is 0 Å². The molecule has 0 aromatic rings. The van der Waals surface area contributed by atoms with Crippen molar-refractivity contribution in [3.63, 3.8) is 0 Å². The van der Waals surface area contributed by atoms with Crippen molar-refractivity contribution in [3.05, 3.63) is 0 Å². The molecule has 0 heterocycles. The van der Waals surface area contributed by atoms with Gasteiger partial charge >= 0.3 is 0 Å². The zero-order valence-electron chi connectivity index (χ0n) is 6.55. The molecular weight excluding hydrogens is 140 g/mol. The molecule has 0 spiro atoms. The SMILES string of the molecule is NNC(=O)[C@H]1C[C@H]2CC[C@@H]1C2. The normalized spacial score (nSPS) is 41.0. The minimum Gasteiger partial charge on any atom is -0.294 e. The van der Waals surface area contributed by atoms with Gasteiger partial charge in [-0.3, -0.25) is 10.2 Å². The van der Waals surface area contributed by atoms with Gasteiger partial charge < -0.3 is 0 Å². The zero-order valence-corrected chi connectivity index (χ0v) is 6.55. The number of rotatable bonds is 1. The second-order valence-corrected chi connectivity index (χ2v) is 3.79. The fraction of sp³-hybridized carbons (Fsp3) is 0.875. The van der Waals surface area contributed by atoms with E-state index < -0.39 is 0 Å². The number of hydrogen-bond donors (Lipinski definition) is 2. The molecule has 2 fully saturated rings. The van der Waals surface area contributed by atoms with Gasteiger partial charge in [0.2, 0.25) is 5.91 Å². The molecule has 11 heavy (non-hydrogen) atoms. The molecule has 3 N–H and O–H groups in total. The Bertz CT molecular complexity index is 181. The van der Waals surface area contributed by atoms with E-state index in [1.807, 2.05) is 0 Å². The highest BCUT2D eigenvalue weighted by Gasteiger charge is 2.42. The van der Waals surface area contributed by atoms with Gasteiger partial charge in [0.15, 0.2) is 0 Å². The van der Waals surface area contributed by atoms with Crippen LogP contribution in [0.3, 0.4) is 0 Å². The van der Waals surface area contributed by atoms with Gasteiger partial charge in [-0.05, 0) is 31.1 Å². The molecule has 2 aliphatic rings. The smallest absolute Gasteiger partial charge is 0.237 e. The van der Waals surface area contributed by atoms with Crippen LogP contribution in [0.15, 0.2) is 0 Å². The second-order valence-electron chi connectivity index (χ2n) is 3.79. The average Bonchev–Trinajstić information content (AvgIpc) is 2.62. The Morgan fingerprint density at radius 3 is 2.64 bits per heavy atom. The van der Waals surface area contributed by atoms with Crippen LogP contribution in [-0.2, 0) is 4.79 Å². The van der Waals surface area contributed by atoms with Crippen LogP contribution in [0, 0.1) is 17.8 Å². The summed E-state index contributed by atoms with van der Waals surface area (Å²) in [5.74, 6) is 6.84. The van der Waals surface area contributed by atoms with Crippen molar-refractivity contribution in [1.29, 1.82) is 0 Å². The molecule has 3 heteroatoms. The van der Waals surface area contributed by atoms with E-state index in [0.717, 1.165) is 12.3 Å². The standard InChI is InChI=1S/C8H14N2O/c9-10-8(11)7-4-5-1-2-6(7)3-5/h5-7H,1-4,9H2,(H,10,11)/t5-,6+,7-/m0/s1. The van der Waals surface area contributed by atoms with E-state index in [2.05, 4.69) is 5.43 Å². The first-order valence-corrected chi connectivity index (χ1v) is 4.31. The summed E-state index contributed by atoms with van der Waals surface area (Å²) in [7, 11) is 0. The van der Waals surface area contributed by atoms with Gasteiger partial charge in [0.05, 0.1) is 0 Å². The van der Waals surface area contributed by atoms with Crippen LogP contribution in [0.2, 0.25) is 0 Å². The van der Waals surface area contributed by atoms with Crippen molar-refractivity contribution >= 4 is 5.91 Å². The number of nitrogens with one attached hydrogen (secondary N) is 1. The number of nitrogens with two attached hydrogens (primary N) is 1. The molecule has 2 saturated carbocycles. The molecule has 3 atom stereocenters. The van der Waals surface area contributed by atoms with Gasteiger partial charge in [-0.15, -0.1) is 0 Å². The summed E-state index contributed by atoms with van der Waals surface area (Å²) in [6, 6.07) is 0. The van der Waals surface area contributed by atoms with Gasteiger partial charge in [0.25, 0.3) is 0 Å². The predicted octanol–water partition coefficient (Wildman–Crippen LogP) is 0.412. The molecule has 0 aromatic carbocycles. The number of carbonyl (C=O) groups is 1. The first kappa shape index (κ1) is 7.10. The Hall–Kier alpha value is -0.570. The highest BCUT2D eigenvalue weighted by atomic mass is 16.2. The quantitative estimate of drug-likeness (QED) is 0.326. The van der Waals surface area contributed by atoms with Crippen molar-refractivity contribution in [2.75, 3.05) is 0 Å². The summed E-state index contributed by atoms with van der Waals surface area (Å²) >= 11 is 0. The van der Waals surface area contributed by atoms with Gasteiger partial charge in [-0.2, -0.15) is 0 Å². The van der Waals surface area contributed by atoms with Crippen LogP contribution in [0.25, 0.3) is 0 Å². The average molecular weight is 154 g/mol. The summed E-state index contributed by atoms with van der Waals surface area (Å²) in [5, 5.41) is 0. The van der Waals surface area contributed by atoms with E-state index in [-0.39, 0.29) is 11.8 Å². The third-order valence-electron chi connectivity index (χ3n) is 3.22. The molecule has 0 aromatic heterocycles. The van der Waals surface area contributed by atoms with E-state index in [1.54, 1.807) is 0 Å². The van der Waals surface area contributed by atoms with Crippen LogP contribution >= 0.6 is 0 Å². The van der Waals surface area contributed by atoms with Crippen molar-refractivity contribution in [2.24, 2.45) is 23.6 Å². The van der Waals surface area contributed by atoms with E-state index in [4.69, 9.17) is 5.84 Å². The maximum atomic E-state index is 11.2. The topological polar surface area (TPSA) is 55.1 Å². The number of carbonyl (C=O) groups excluding carboxylic acids is 1.